The van der Waals surface area contributed by atoms with Crippen LogP contribution in [0.5, 0.6) is 5.75 Å². The van der Waals surface area contributed by atoms with Gasteiger partial charge in [-0.1, -0.05) is 0 Å². The van der Waals surface area contributed by atoms with Gasteiger partial charge in [-0.3, -0.25) is 4.79 Å². The Morgan fingerprint density at radius 2 is 2.22 bits per heavy atom. The third-order valence-electron chi connectivity index (χ3n) is 1.98. The molecule has 0 aromatic heterocycles. The Kier molecular flexibility index (Phi) is 5.14. The summed E-state index contributed by atoms with van der Waals surface area (Å²) in [5.74, 6) is -1.22. The molecule has 0 aliphatic carbocycles. The van der Waals surface area contributed by atoms with Crippen molar-refractivity contribution in [3.05, 3.63) is 29.6 Å². The topological polar surface area (TPSA) is 85.9 Å². The van der Waals surface area contributed by atoms with Crippen molar-refractivity contribution < 1.29 is 13.9 Å². The van der Waals surface area contributed by atoms with Gasteiger partial charge in [0, 0.05) is 6.54 Å². The Balaban J connectivity index is 2.47. The zero-order valence-corrected chi connectivity index (χ0v) is 9.44. The second-order valence-electron chi connectivity index (χ2n) is 3.30. The van der Waals surface area contributed by atoms with E-state index in [9.17, 15) is 9.18 Å². The second-order valence-corrected chi connectivity index (χ2v) is 3.30. The van der Waals surface area contributed by atoms with Crippen molar-refractivity contribution >= 4 is 5.91 Å². The normalized spacial score (nSPS) is 9.06. The summed E-state index contributed by atoms with van der Waals surface area (Å²) in [6.45, 7) is -0.108. The van der Waals surface area contributed by atoms with Gasteiger partial charge in [0.15, 0.2) is 18.2 Å². The van der Waals surface area contributed by atoms with Crippen LogP contribution in [0, 0.1) is 28.5 Å². The Labute approximate surface area is 103 Å². The predicted molar refractivity (Wildman–Crippen MR) is 59.8 cm³/mol. The molecule has 18 heavy (non-hydrogen) atoms. The van der Waals surface area contributed by atoms with E-state index in [-0.39, 0.29) is 30.9 Å². The first kappa shape index (κ1) is 13.5. The molecule has 0 heterocycles. The Hall–Kier alpha value is -2.60. The summed E-state index contributed by atoms with van der Waals surface area (Å²) in [5.41, 5.74) is 0.179. The molecule has 1 N–H and O–H groups in total. The van der Waals surface area contributed by atoms with E-state index < -0.39 is 11.7 Å². The summed E-state index contributed by atoms with van der Waals surface area (Å²) in [7, 11) is 0. The molecule has 0 saturated heterocycles. The molecule has 0 radical (unpaired) electrons. The lowest BCUT2D eigenvalue weighted by Crippen LogP contribution is -2.29. The highest BCUT2D eigenvalue weighted by molar-refractivity contribution is 5.77. The lowest BCUT2D eigenvalue weighted by atomic mass is 10.2. The molecule has 5 nitrogen and oxygen atoms in total. The molecule has 1 rings (SSSR count). The molecule has 1 aromatic carbocycles. The van der Waals surface area contributed by atoms with Gasteiger partial charge in [-0.05, 0) is 18.2 Å². The van der Waals surface area contributed by atoms with E-state index >= 15 is 0 Å². The number of amides is 1. The molecule has 1 aromatic rings. The Bertz CT molecular complexity index is 517. The number of carbonyl (C=O) groups is 1. The van der Waals surface area contributed by atoms with Gasteiger partial charge in [-0.2, -0.15) is 10.5 Å². The average molecular weight is 247 g/mol. The number of hydrogen-bond donors (Lipinski definition) is 1. The Morgan fingerprint density at radius 3 is 2.83 bits per heavy atom. The van der Waals surface area contributed by atoms with Gasteiger partial charge in [0.1, 0.15) is 0 Å². The maximum atomic E-state index is 13.3. The minimum atomic E-state index is -0.695. The summed E-state index contributed by atoms with van der Waals surface area (Å²) < 4.78 is 18.3. The van der Waals surface area contributed by atoms with Gasteiger partial charge in [0.25, 0.3) is 5.91 Å². The summed E-state index contributed by atoms with van der Waals surface area (Å²) in [6, 6.07) is 7.37. The van der Waals surface area contributed by atoms with Crippen LogP contribution in [-0.4, -0.2) is 19.1 Å². The van der Waals surface area contributed by atoms with E-state index in [1.165, 1.54) is 12.1 Å². The molecule has 0 saturated carbocycles. The van der Waals surface area contributed by atoms with Crippen LogP contribution >= 0.6 is 0 Å². The first-order valence-electron chi connectivity index (χ1n) is 5.13. The van der Waals surface area contributed by atoms with Crippen molar-refractivity contribution in [2.75, 3.05) is 13.2 Å². The molecule has 0 spiro atoms. The number of nitrogens with zero attached hydrogens (tertiary/aromatic N) is 2. The lowest BCUT2D eigenvalue weighted by molar-refractivity contribution is -0.123. The number of halogens is 1. The SMILES string of the molecule is N#CCCNC(=O)COc1ccc(C#N)cc1F. The van der Waals surface area contributed by atoms with Crippen LogP contribution in [0.25, 0.3) is 0 Å². The number of rotatable bonds is 5. The van der Waals surface area contributed by atoms with Crippen molar-refractivity contribution in [1.82, 2.24) is 5.32 Å². The van der Waals surface area contributed by atoms with Crippen molar-refractivity contribution in [3.8, 4) is 17.9 Å². The standard InChI is InChI=1S/C12H10FN3O2/c13-10-6-9(7-15)2-3-11(10)18-8-12(17)16-5-1-4-14/h2-3,6H,1,5,8H2,(H,16,17). The zero-order chi connectivity index (χ0) is 13.4. The summed E-state index contributed by atoms with van der Waals surface area (Å²) in [6.07, 6.45) is 0.205. The van der Waals surface area contributed by atoms with Gasteiger partial charge >= 0.3 is 0 Å². The van der Waals surface area contributed by atoms with E-state index in [1.807, 2.05) is 6.07 Å². The van der Waals surface area contributed by atoms with Gasteiger partial charge < -0.3 is 10.1 Å². The van der Waals surface area contributed by atoms with Crippen molar-refractivity contribution in [2.24, 2.45) is 0 Å². The quantitative estimate of drug-likeness (QED) is 0.789. The highest BCUT2D eigenvalue weighted by atomic mass is 19.1. The van der Waals surface area contributed by atoms with E-state index in [0.29, 0.717) is 0 Å². The van der Waals surface area contributed by atoms with Gasteiger partial charge in [0.2, 0.25) is 0 Å². The van der Waals surface area contributed by atoms with Crippen LogP contribution in [0.2, 0.25) is 0 Å². The smallest absolute Gasteiger partial charge is 0.257 e. The number of benzene rings is 1. The molecule has 0 aliphatic rings. The van der Waals surface area contributed by atoms with Gasteiger partial charge in [-0.15, -0.1) is 0 Å². The van der Waals surface area contributed by atoms with Crippen LogP contribution < -0.4 is 10.1 Å². The van der Waals surface area contributed by atoms with Gasteiger partial charge in [0.05, 0.1) is 24.1 Å². The van der Waals surface area contributed by atoms with Crippen LogP contribution in [0.15, 0.2) is 18.2 Å². The van der Waals surface area contributed by atoms with Crippen molar-refractivity contribution in [2.45, 2.75) is 6.42 Å². The molecule has 1 amide bonds. The third-order valence-corrected chi connectivity index (χ3v) is 1.98. The van der Waals surface area contributed by atoms with Crippen LogP contribution in [0.1, 0.15) is 12.0 Å². The highest BCUT2D eigenvalue weighted by Gasteiger charge is 2.07. The summed E-state index contributed by atoms with van der Waals surface area (Å²) in [4.78, 5) is 11.2. The maximum absolute atomic E-state index is 13.3. The Morgan fingerprint density at radius 1 is 1.44 bits per heavy atom. The third kappa shape index (κ3) is 4.11. The molecule has 0 fully saturated rings. The molecule has 0 bridgehead atoms. The van der Waals surface area contributed by atoms with E-state index in [0.717, 1.165) is 6.07 Å². The lowest BCUT2D eigenvalue weighted by Gasteiger charge is -2.07. The van der Waals surface area contributed by atoms with Crippen LogP contribution in [0.3, 0.4) is 0 Å². The fourth-order valence-corrected chi connectivity index (χ4v) is 1.14. The van der Waals surface area contributed by atoms with E-state index in [4.69, 9.17) is 15.3 Å². The zero-order valence-electron chi connectivity index (χ0n) is 9.44. The number of nitriles is 2. The molecule has 0 unspecified atom stereocenters. The molecular weight excluding hydrogens is 237 g/mol. The number of carbonyl (C=O) groups excluding carboxylic acids is 1. The fourth-order valence-electron chi connectivity index (χ4n) is 1.14. The van der Waals surface area contributed by atoms with E-state index in [2.05, 4.69) is 5.32 Å². The average Bonchev–Trinajstić information content (AvgIpc) is 2.37. The fraction of sp³-hybridized carbons (Fsp3) is 0.250. The second kappa shape index (κ2) is 6.87. The monoisotopic (exact) mass is 247 g/mol. The number of ether oxygens (including phenoxy) is 1. The van der Waals surface area contributed by atoms with Crippen LogP contribution in [-0.2, 0) is 4.79 Å². The maximum Gasteiger partial charge on any atom is 0.257 e. The highest BCUT2D eigenvalue weighted by Crippen LogP contribution is 2.17. The number of nitrogens with one attached hydrogen (secondary N) is 1. The molecule has 0 aliphatic heterocycles. The first-order valence-corrected chi connectivity index (χ1v) is 5.13. The number of hydrogen-bond acceptors (Lipinski definition) is 4. The predicted octanol–water partition coefficient (Wildman–Crippen LogP) is 1.11. The van der Waals surface area contributed by atoms with Crippen molar-refractivity contribution in [3.63, 3.8) is 0 Å². The summed E-state index contributed by atoms with van der Waals surface area (Å²) in [5, 5.41) is 19.2. The molecule has 0 atom stereocenters. The first-order chi connectivity index (χ1) is 8.67. The van der Waals surface area contributed by atoms with E-state index in [1.54, 1.807) is 6.07 Å². The largest absolute Gasteiger partial charge is 0.481 e. The summed E-state index contributed by atoms with van der Waals surface area (Å²) >= 11 is 0. The van der Waals surface area contributed by atoms with Gasteiger partial charge in [-0.25, -0.2) is 4.39 Å². The molecule has 92 valence electrons. The minimum absolute atomic E-state index is 0.0931. The molecule has 6 heteroatoms. The van der Waals surface area contributed by atoms with Crippen molar-refractivity contribution in [1.29, 1.82) is 10.5 Å². The minimum Gasteiger partial charge on any atom is -0.481 e. The molecular formula is C12H10FN3O2. The van der Waals surface area contributed by atoms with Crippen LogP contribution in [0.4, 0.5) is 4.39 Å².